The van der Waals surface area contributed by atoms with Crippen LogP contribution in [0.1, 0.15) is 6.42 Å². The summed E-state index contributed by atoms with van der Waals surface area (Å²) in [6.45, 7) is 0.935. The first-order valence-corrected chi connectivity index (χ1v) is 8.75. The van der Waals surface area contributed by atoms with Crippen LogP contribution in [0.25, 0.3) is 0 Å². The third-order valence-corrected chi connectivity index (χ3v) is 4.00. The number of urea groups is 1. The van der Waals surface area contributed by atoms with Crippen LogP contribution < -0.4 is 15.4 Å². The van der Waals surface area contributed by atoms with Crippen molar-refractivity contribution in [3.05, 3.63) is 50.5 Å². The van der Waals surface area contributed by atoms with E-state index in [0.717, 1.165) is 8.95 Å². The first kappa shape index (κ1) is 18.0. The van der Waals surface area contributed by atoms with Crippen molar-refractivity contribution in [2.24, 2.45) is 0 Å². The van der Waals surface area contributed by atoms with Crippen molar-refractivity contribution in [3.63, 3.8) is 0 Å². The van der Waals surface area contributed by atoms with E-state index in [1.54, 1.807) is 30.5 Å². The van der Waals surface area contributed by atoms with E-state index in [1.165, 1.54) is 0 Å². The average molecular weight is 464 g/mol. The van der Waals surface area contributed by atoms with Gasteiger partial charge in [0.25, 0.3) is 0 Å². The van der Waals surface area contributed by atoms with E-state index < -0.39 is 0 Å². The van der Waals surface area contributed by atoms with E-state index in [1.807, 2.05) is 6.07 Å². The molecule has 0 saturated heterocycles. The molecule has 0 fully saturated rings. The molecule has 0 aliphatic heterocycles. The van der Waals surface area contributed by atoms with Crippen LogP contribution in [0.15, 0.2) is 45.5 Å². The molecule has 8 heteroatoms. The summed E-state index contributed by atoms with van der Waals surface area (Å²) in [5.74, 6) is 1.10. The summed E-state index contributed by atoms with van der Waals surface area (Å²) in [7, 11) is 0. The number of pyridine rings is 1. The normalized spacial score (nSPS) is 10.2. The number of hydrogen-bond acceptors (Lipinski definition) is 3. The molecule has 23 heavy (non-hydrogen) atoms. The predicted molar refractivity (Wildman–Crippen MR) is 98.2 cm³/mol. The van der Waals surface area contributed by atoms with Crippen molar-refractivity contribution < 1.29 is 9.53 Å². The van der Waals surface area contributed by atoms with E-state index in [4.69, 9.17) is 16.3 Å². The Kier molecular flexibility index (Phi) is 7.14. The molecule has 5 nitrogen and oxygen atoms in total. The van der Waals surface area contributed by atoms with Gasteiger partial charge in [-0.3, -0.25) is 5.32 Å². The molecule has 0 aliphatic rings. The second kappa shape index (κ2) is 9.10. The van der Waals surface area contributed by atoms with E-state index in [0.29, 0.717) is 36.2 Å². The van der Waals surface area contributed by atoms with Crippen molar-refractivity contribution in [3.8, 4) is 5.75 Å². The third kappa shape index (κ3) is 6.37. The number of halogens is 3. The van der Waals surface area contributed by atoms with Crippen molar-refractivity contribution in [1.82, 2.24) is 10.3 Å². The Morgan fingerprint density at radius 2 is 2.00 bits per heavy atom. The van der Waals surface area contributed by atoms with Crippen LogP contribution in [-0.4, -0.2) is 24.2 Å². The number of amides is 2. The topological polar surface area (TPSA) is 63.2 Å². The van der Waals surface area contributed by atoms with Crippen LogP contribution in [-0.2, 0) is 0 Å². The fraction of sp³-hybridized carbons (Fsp3) is 0.200. The lowest BCUT2D eigenvalue weighted by Gasteiger charge is -2.09. The van der Waals surface area contributed by atoms with Gasteiger partial charge >= 0.3 is 6.03 Å². The average Bonchev–Trinajstić information content (AvgIpc) is 2.49. The molecule has 1 aromatic heterocycles. The molecule has 2 rings (SSSR count). The summed E-state index contributed by atoms with van der Waals surface area (Å²) in [6.07, 6.45) is 2.27. The van der Waals surface area contributed by atoms with Gasteiger partial charge in [0.15, 0.2) is 0 Å². The standard InChI is InChI=1S/C15H14Br2ClN3O2/c16-10-2-3-13(12(18)8-10)23-7-1-5-20-15(22)21-14-9-11(17)4-6-19-14/h2-4,6,8-9H,1,5,7H2,(H2,19,20,21,22). The molecule has 0 bridgehead atoms. The quantitative estimate of drug-likeness (QED) is 0.602. The number of rotatable bonds is 6. The first-order chi connectivity index (χ1) is 11.0. The number of benzene rings is 1. The fourth-order valence-electron chi connectivity index (χ4n) is 1.68. The van der Waals surface area contributed by atoms with E-state index in [9.17, 15) is 4.79 Å². The summed E-state index contributed by atoms with van der Waals surface area (Å²) < 4.78 is 7.31. The van der Waals surface area contributed by atoms with Gasteiger partial charge in [-0.2, -0.15) is 0 Å². The highest BCUT2D eigenvalue weighted by Crippen LogP contribution is 2.27. The van der Waals surface area contributed by atoms with Gasteiger partial charge in [-0.1, -0.05) is 43.5 Å². The SMILES string of the molecule is O=C(NCCCOc1ccc(Br)cc1Cl)Nc1cc(Br)ccn1. The Bertz CT molecular complexity index is 686. The number of hydrogen-bond donors (Lipinski definition) is 2. The molecule has 2 N–H and O–H groups in total. The predicted octanol–water partition coefficient (Wildman–Crippen LogP) is 4.85. The maximum Gasteiger partial charge on any atom is 0.320 e. The number of carbonyl (C=O) groups excluding carboxylic acids is 1. The lowest BCUT2D eigenvalue weighted by molar-refractivity contribution is 0.250. The van der Waals surface area contributed by atoms with Crippen LogP contribution in [0.4, 0.5) is 10.6 Å². The molecule has 2 amide bonds. The molecule has 0 unspecified atom stereocenters. The Balaban J connectivity index is 1.66. The highest BCUT2D eigenvalue weighted by Gasteiger charge is 2.04. The van der Waals surface area contributed by atoms with Crippen molar-refractivity contribution in [2.75, 3.05) is 18.5 Å². The van der Waals surface area contributed by atoms with Crippen molar-refractivity contribution in [1.29, 1.82) is 0 Å². The first-order valence-electron chi connectivity index (χ1n) is 6.79. The largest absolute Gasteiger partial charge is 0.492 e. The van der Waals surface area contributed by atoms with Gasteiger partial charge in [-0.15, -0.1) is 0 Å². The molecule has 0 aliphatic carbocycles. The minimum atomic E-state index is -0.308. The molecular weight excluding hydrogens is 449 g/mol. The number of ether oxygens (including phenoxy) is 1. The molecule has 0 radical (unpaired) electrons. The molecule has 2 aromatic rings. The molecule has 0 spiro atoms. The summed E-state index contributed by atoms with van der Waals surface area (Å²) in [5.41, 5.74) is 0. The summed E-state index contributed by atoms with van der Waals surface area (Å²) in [4.78, 5) is 15.7. The molecule has 122 valence electrons. The van der Waals surface area contributed by atoms with Crippen LogP contribution in [0.3, 0.4) is 0 Å². The zero-order valence-electron chi connectivity index (χ0n) is 12.0. The van der Waals surface area contributed by atoms with E-state index in [-0.39, 0.29) is 6.03 Å². The fourth-order valence-corrected chi connectivity index (χ4v) is 2.75. The number of carbonyl (C=O) groups is 1. The lowest BCUT2D eigenvalue weighted by atomic mass is 10.3. The number of nitrogens with one attached hydrogen (secondary N) is 2. The van der Waals surface area contributed by atoms with Crippen LogP contribution in [0.2, 0.25) is 5.02 Å². The number of anilines is 1. The Morgan fingerprint density at radius 3 is 2.74 bits per heavy atom. The highest BCUT2D eigenvalue weighted by molar-refractivity contribution is 9.10. The Morgan fingerprint density at radius 1 is 1.22 bits per heavy atom. The van der Waals surface area contributed by atoms with Gasteiger partial charge in [0.2, 0.25) is 0 Å². The van der Waals surface area contributed by atoms with E-state index >= 15 is 0 Å². The zero-order chi connectivity index (χ0) is 16.7. The zero-order valence-corrected chi connectivity index (χ0v) is 15.9. The molecule has 0 atom stereocenters. The number of nitrogens with zero attached hydrogens (tertiary/aromatic N) is 1. The second-order valence-corrected chi connectivity index (χ2v) is 6.76. The second-order valence-electron chi connectivity index (χ2n) is 4.52. The van der Waals surface area contributed by atoms with Gasteiger partial charge in [0, 0.05) is 21.7 Å². The molecule has 0 saturated carbocycles. The van der Waals surface area contributed by atoms with Gasteiger partial charge in [-0.05, 0) is 36.8 Å². The summed E-state index contributed by atoms with van der Waals surface area (Å²) >= 11 is 12.7. The third-order valence-electron chi connectivity index (χ3n) is 2.72. The van der Waals surface area contributed by atoms with Gasteiger partial charge in [0.1, 0.15) is 11.6 Å². The maximum atomic E-state index is 11.7. The van der Waals surface area contributed by atoms with Crippen LogP contribution in [0.5, 0.6) is 5.75 Å². The maximum absolute atomic E-state index is 11.7. The monoisotopic (exact) mass is 461 g/mol. The molecule has 1 aromatic carbocycles. The molecule has 1 heterocycles. The minimum absolute atomic E-state index is 0.308. The van der Waals surface area contributed by atoms with Crippen LogP contribution >= 0.6 is 43.5 Å². The van der Waals surface area contributed by atoms with Gasteiger partial charge in [0.05, 0.1) is 11.6 Å². The Labute approximate surface area is 156 Å². The summed E-state index contributed by atoms with van der Waals surface area (Å²) in [6, 6.07) is 8.63. The lowest BCUT2D eigenvalue weighted by Crippen LogP contribution is -2.30. The van der Waals surface area contributed by atoms with Crippen LogP contribution in [0, 0.1) is 0 Å². The van der Waals surface area contributed by atoms with Crippen molar-refractivity contribution in [2.45, 2.75) is 6.42 Å². The number of aromatic nitrogens is 1. The van der Waals surface area contributed by atoms with Gasteiger partial charge in [-0.25, -0.2) is 9.78 Å². The minimum Gasteiger partial charge on any atom is -0.492 e. The highest BCUT2D eigenvalue weighted by atomic mass is 79.9. The molecular formula is C15H14Br2ClN3O2. The van der Waals surface area contributed by atoms with Gasteiger partial charge < -0.3 is 10.1 Å². The van der Waals surface area contributed by atoms with E-state index in [2.05, 4.69) is 47.5 Å². The summed E-state index contributed by atoms with van der Waals surface area (Å²) in [5, 5.41) is 5.93. The smallest absolute Gasteiger partial charge is 0.320 e. The Hall–Kier alpha value is -1.31. The van der Waals surface area contributed by atoms with Crippen molar-refractivity contribution >= 4 is 55.3 Å².